The molecule has 2 amide bonds. The van der Waals surface area contributed by atoms with E-state index in [1.807, 2.05) is 27.8 Å². The molecule has 1 aromatic rings. The number of rotatable bonds is 4. The van der Waals surface area contributed by atoms with E-state index >= 15 is 0 Å². The predicted octanol–water partition coefficient (Wildman–Crippen LogP) is 0.365. The Hall–Kier alpha value is -1.73. The van der Waals surface area contributed by atoms with Gasteiger partial charge in [-0.05, 0) is 39.0 Å². The van der Waals surface area contributed by atoms with Gasteiger partial charge in [-0.3, -0.25) is 19.3 Å². The fourth-order valence-electron chi connectivity index (χ4n) is 2.49. The molecular weight excluding hydrogens is 362 g/mol. The Kier molecular flexibility index (Phi) is 4.91. The fraction of sp³-hybridized carbons (Fsp3) is 0.438. The SMILES string of the molecule is C[NH+](CC(=O)NC(C)(C)C)CN1C(=O)C(=O)c2cc(Br)ccc21. The summed E-state index contributed by atoms with van der Waals surface area (Å²) < 4.78 is 0.754. The number of benzene rings is 1. The lowest BCUT2D eigenvalue weighted by atomic mass is 10.1. The van der Waals surface area contributed by atoms with Crippen LogP contribution in [0.15, 0.2) is 22.7 Å². The summed E-state index contributed by atoms with van der Waals surface area (Å²) in [6.45, 7) is 6.23. The van der Waals surface area contributed by atoms with Crippen molar-refractivity contribution in [3.05, 3.63) is 28.2 Å². The van der Waals surface area contributed by atoms with Crippen LogP contribution in [0.3, 0.4) is 0 Å². The lowest BCUT2D eigenvalue weighted by Crippen LogP contribution is -3.12. The second-order valence-corrected chi connectivity index (χ2v) is 7.73. The molecule has 0 saturated carbocycles. The smallest absolute Gasteiger partial charge is 0.303 e. The Morgan fingerprint density at radius 1 is 1.30 bits per heavy atom. The number of quaternary nitrogens is 1. The van der Waals surface area contributed by atoms with Crippen LogP contribution in [0.2, 0.25) is 0 Å². The summed E-state index contributed by atoms with van der Waals surface area (Å²) >= 11 is 3.30. The number of halogens is 1. The molecule has 1 heterocycles. The Morgan fingerprint density at radius 2 is 1.96 bits per heavy atom. The quantitative estimate of drug-likeness (QED) is 0.738. The van der Waals surface area contributed by atoms with Gasteiger partial charge in [-0.2, -0.15) is 0 Å². The van der Waals surface area contributed by atoms with E-state index in [0.29, 0.717) is 11.3 Å². The Morgan fingerprint density at radius 3 is 2.57 bits per heavy atom. The van der Waals surface area contributed by atoms with E-state index in [-0.39, 0.29) is 24.7 Å². The molecule has 2 N–H and O–H groups in total. The highest BCUT2D eigenvalue weighted by atomic mass is 79.9. The summed E-state index contributed by atoms with van der Waals surface area (Å²) in [6.07, 6.45) is 0. The number of carbonyl (C=O) groups excluding carboxylic acids is 3. The van der Waals surface area contributed by atoms with Crippen LogP contribution in [0.25, 0.3) is 0 Å². The molecule has 23 heavy (non-hydrogen) atoms. The summed E-state index contributed by atoms with van der Waals surface area (Å²) in [4.78, 5) is 38.4. The predicted molar refractivity (Wildman–Crippen MR) is 90.5 cm³/mol. The normalized spacial score (nSPS) is 15.6. The van der Waals surface area contributed by atoms with Gasteiger partial charge < -0.3 is 10.2 Å². The topological polar surface area (TPSA) is 70.9 Å². The van der Waals surface area contributed by atoms with Gasteiger partial charge >= 0.3 is 5.91 Å². The average molecular weight is 383 g/mol. The van der Waals surface area contributed by atoms with E-state index in [4.69, 9.17) is 0 Å². The summed E-state index contributed by atoms with van der Waals surface area (Å²) in [6, 6.07) is 5.18. The lowest BCUT2D eigenvalue weighted by molar-refractivity contribution is -0.869. The molecule has 0 radical (unpaired) electrons. The third-order valence-corrected chi connectivity index (χ3v) is 3.83. The summed E-state index contributed by atoms with van der Waals surface area (Å²) in [5.41, 5.74) is 0.699. The number of Topliss-reactive ketones (excluding diaryl/α,β-unsaturated/α-hetero) is 1. The van der Waals surface area contributed by atoms with Gasteiger partial charge in [0.2, 0.25) is 0 Å². The largest absolute Gasteiger partial charge is 0.347 e. The molecule has 1 unspecified atom stereocenters. The lowest BCUT2D eigenvalue weighted by Gasteiger charge is -2.24. The molecule has 7 heteroatoms. The van der Waals surface area contributed by atoms with Gasteiger partial charge in [0.1, 0.15) is 0 Å². The first kappa shape index (κ1) is 17.6. The zero-order valence-electron chi connectivity index (χ0n) is 13.7. The molecule has 0 bridgehead atoms. The highest BCUT2D eigenvalue weighted by molar-refractivity contribution is 9.10. The highest BCUT2D eigenvalue weighted by Gasteiger charge is 2.37. The van der Waals surface area contributed by atoms with Crippen LogP contribution in [-0.2, 0) is 9.59 Å². The Bertz CT molecular complexity index is 667. The van der Waals surface area contributed by atoms with Crippen LogP contribution >= 0.6 is 15.9 Å². The van der Waals surface area contributed by atoms with Gasteiger partial charge in [0, 0.05) is 10.0 Å². The molecule has 2 rings (SSSR count). The third-order valence-electron chi connectivity index (χ3n) is 3.34. The van der Waals surface area contributed by atoms with Crippen molar-refractivity contribution in [2.45, 2.75) is 26.3 Å². The molecule has 1 atom stereocenters. The maximum atomic E-state index is 12.2. The zero-order valence-corrected chi connectivity index (χ0v) is 15.3. The minimum atomic E-state index is -0.548. The standard InChI is InChI=1S/C16H20BrN3O3/c1-16(2,3)18-13(21)8-19(4)9-20-12-6-5-10(17)7-11(12)14(22)15(20)23/h5-7H,8-9H2,1-4H3,(H,18,21)/p+1. The first-order valence-electron chi connectivity index (χ1n) is 7.36. The minimum Gasteiger partial charge on any atom is -0.347 e. The fourth-order valence-corrected chi connectivity index (χ4v) is 2.85. The molecule has 0 aromatic heterocycles. The number of carbonyl (C=O) groups is 3. The van der Waals surface area contributed by atoms with Gasteiger partial charge in [0.05, 0.1) is 18.3 Å². The van der Waals surface area contributed by atoms with Crippen molar-refractivity contribution in [1.82, 2.24) is 5.32 Å². The number of hydrogen-bond acceptors (Lipinski definition) is 3. The van der Waals surface area contributed by atoms with Gasteiger partial charge in [-0.1, -0.05) is 15.9 Å². The van der Waals surface area contributed by atoms with Crippen molar-refractivity contribution < 1.29 is 19.3 Å². The van der Waals surface area contributed by atoms with E-state index in [1.54, 1.807) is 18.2 Å². The Labute approximate surface area is 143 Å². The number of amides is 2. The Balaban J connectivity index is 2.07. The molecule has 124 valence electrons. The average Bonchev–Trinajstić information content (AvgIpc) is 2.61. The van der Waals surface area contributed by atoms with E-state index in [9.17, 15) is 14.4 Å². The highest BCUT2D eigenvalue weighted by Crippen LogP contribution is 2.30. The number of likely N-dealkylation sites (N-methyl/N-ethyl adjacent to an activating group) is 1. The summed E-state index contributed by atoms with van der Waals surface area (Å²) in [7, 11) is 1.82. The van der Waals surface area contributed by atoms with Crippen molar-refractivity contribution >= 4 is 39.2 Å². The number of hydrogen-bond donors (Lipinski definition) is 2. The monoisotopic (exact) mass is 382 g/mol. The van der Waals surface area contributed by atoms with E-state index in [1.165, 1.54) is 4.90 Å². The number of nitrogens with one attached hydrogen (secondary N) is 2. The first-order valence-corrected chi connectivity index (χ1v) is 8.16. The second-order valence-electron chi connectivity index (χ2n) is 6.81. The van der Waals surface area contributed by atoms with E-state index in [2.05, 4.69) is 21.2 Å². The van der Waals surface area contributed by atoms with Crippen molar-refractivity contribution in [3.63, 3.8) is 0 Å². The van der Waals surface area contributed by atoms with Crippen LogP contribution in [-0.4, -0.2) is 43.4 Å². The minimum absolute atomic E-state index is 0.0935. The van der Waals surface area contributed by atoms with Crippen molar-refractivity contribution in [1.29, 1.82) is 0 Å². The molecule has 0 fully saturated rings. The van der Waals surface area contributed by atoms with E-state index in [0.717, 1.165) is 9.37 Å². The summed E-state index contributed by atoms with van der Waals surface area (Å²) in [5.74, 6) is -1.15. The molecule has 1 aliphatic heterocycles. The number of ketones is 1. The molecule has 1 aliphatic rings. The molecule has 6 nitrogen and oxygen atoms in total. The molecular formula is C16H21BrN3O3+. The summed E-state index contributed by atoms with van der Waals surface area (Å²) in [5, 5.41) is 2.89. The van der Waals surface area contributed by atoms with Crippen LogP contribution in [0.1, 0.15) is 31.1 Å². The second kappa shape index (κ2) is 6.41. The van der Waals surface area contributed by atoms with Crippen molar-refractivity contribution in [3.8, 4) is 0 Å². The molecule has 0 saturated heterocycles. The number of nitrogens with zero attached hydrogens (tertiary/aromatic N) is 1. The number of fused-ring (bicyclic) bond motifs is 1. The van der Waals surface area contributed by atoms with Crippen LogP contribution in [0, 0.1) is 0 Å². The third kappa shape index (κ3) is 4.17. The van der Waals surface area contributed by atoms with Crippen LogP contribution in [0.4, 0.5) is 5.69 Å². The van der Waals surface area contributed by atoms with Crippen molar-refractivity contribution in [2.24, 2.45) is 0 Å². The molecule has 1 aromatic carbocycles. The van der Waals surface area contributed by atoms with Crippen LogP contribution < -0.4 is 15.1 Å². The van der Waals surface area contributed by atoms with Gasteiger partial charge in [-0.15, -0.1) is 0 Å². The molecule has 0 spiro atoms. The maximum Gasteiger partial charge on any atom is 0.303 e. The van der Waals surface area contributed by atoms with Gasteiger partial charge in [0.25, 0.3) is 11.7 Å². The number of anilines is 1. The molecule has 0 aliphatic carbocycles. The van der Waals surface area contributed by atoms with Gasteiger partial charge in [0.15, 0.2) is 13.2 Å². The zero-order chi connectivity index (χ0) is 17.4. The first-order chi connectivity index (χ1) is 10.6. The van der Waals surface area contributed by atoms with E-state index < -0.39 is 11.7 Å². The van der Waals surface area contributed by atoms with Crippen LogP contribution in [0.5, 0.6) is 0 Å². The van der Waals surface area contributed by atoms with Gasteiger partial charge in [-0.25, -0.2) is 0 Å². The van der Waals surface area contributed by atoms with Crippen molar-refractivity contribution in [2.75, 3.05) is 25.2 Å². The maximum absolute atomic E-state index is 12.2.